The van der Waals surface area contributed by atoms with Gasteiger partial charge in [-0.15, -0.1) is 0 Å². The normalized spacial score (nSPS) is 12.2. The summed E-state index contributed by atoms with van der Waals surface area (Å²) < 4.78 is 26.1. The molecule has 33 heavy (non-hydrogen) atoms. The summed E-state index contributed by atoms with van der Waals surface area (Å²) in [5.74, 6) is -0.827. The summed E-state index contributed by atoms with van der Waals surface area (Å²) in [7, 11) is -3.89. The fraction of sp³-hybridized carbons (Fsp3) is 0.391. The average molecular weight is 514 g/mol. The molecular formula is C23H29Cl2N3O4S. The third kappa shape index (κ3) is 6.85. The van der Waals surface area contributed by atoms with E-state index in [2.05, 4.69) is 5.32 Å². The highest BCUT2D eigenvalue weighted by molar-refractivity contribution is 7.92. The molecule has 0 fully saturated rings. The second-order valence-corrected chi connectivity index (χ2v) is 10.3. The number of likely N-dealkylation sites (N-methyl/N-ethyl adjacent to an activating group) is 1. The van der Waals surface area contributed by atoms with Crippen molar-refractivity contribution in [1.82, 2.24) is 10.2 Å². The first-order valence-electron chi connectivity index (χ1n) is 10.5. The van der Waals surface area contributed by atoms with E-state index >= 15 is 0 Å². The van der Waals surface area contributed by atoms with Crippen LogP contribution in [-0.2, 0) is 26.2 Å². The van der Waals surface area contributed by atoms with Gasteiger partial charge >= 0.3 is 0 Å². The molecule has 0 saturated carbocycles. The Labute approximate surface area is 205 Å². The maximum Gasteiger partial charge on any atom is 0.244 e. The molecule has 1 atom stereocenters. The van der Waals surface area contributed by atoms with Gasteiger partial charge in [0.1, 0.15) is 12.6 Å². The molecule has 180 valence electrons. The molecule has 0 aliphatic rings. The van der Waals surface area contributed by atoms with E-state index in [0.717, 1.165) is 21.7 Å². The minimum absolute atomic E-state index is 0.0265. The Balaban J connectivity index is 2.49. The fourth-order valence-electron chi connectivity index (χ4n) is 3.46. The molecule has 0 aliphatic carbocycles. The Morgan fingerprint density at radius 3 is 2.30 bits per heavy atom. The minimum atomic E-state index is -3.89. The van der Waals surface area contributed by atoms with Gasteiger partial charge in [0.25, 0.3) is 0 Å². The zero-order chi connectivity index (χ0) is 24.8. The van der Waals surface area contributed by atoms with Crippen LogP contribution in [0.3, 0.4) is 0 Å². The molecular weight excluding hydrogens is 485 g/mol. The molecule has 0 heterocycles. The first-order chi connectivity index (χ1) is 15.5. The zero-order valence-corrected chi connectivity index (χ0v) is 21.5. The van der Waals surface area contributed by atoms with Crippen molar-refractivity contribution in [2.24, 2.45) is 0 Å². The molecule has 0 aromatic heterocycles. The molecule has 0 aliphatic heterocycles. The van der Waals surface area contributed by atoms with Gasteiger partial charge < -0.3 is 10.2 Å². The van der Waals surface area contributed by atoms with Gasteiger partial charge in [0, 0.05) is 13.1 Å². The van der Waals surface area contributed by atoms with E-state index in [0.29, 0.717) is 13.0 Å². The predicted molar refractivity (Wildman–Crippen MR) is 133 cm³/mol. The van der Waals surface area contributed by atoms with Gasteiger partial charge in [-0.3, -0.25) is 13.9 Å². The lowest BCUT2D eigenvalue weighted by atomic mass is 10.1. The van der Waals surface area contributed by atoms with Gasteiger partial charge in [-0.25, -0.2) is 8.42 Å². The molecule has 2 amide bonds. The van der Waals surface area contributed by atoms with Crippen LogP contribution in [0.25, 0.3) is 0 Å². The van der Waals surface area contributed by atoms with Crippen LogP contribution in [0.2, 0.25) is 10.0 Å². The summed E-state index contributed by atoms with van der Waals surface area (Å²) in [4.78, 5) is 27.8. The first kappa shape index (κ1) is 27.0. The van der Waals surface area contributed by atoms with Crippen molar-refractivity contribution in [1.29, 1.82) is 0 Å². The van der Waals surface area contributed by atoms with Gasteiger partial charge in [-0.2, -0.15) is 0 Å². The molecule has 2 rings (SSSR count). The highest BCUT2D eigenvalue weighted by Crippen LogP contribution is 2.33. The number of anilines is 1. The second-order valence-electron chi connectivity index (χ2n) is 7.61. The Morgan fingerprint density at radius 1 is 1.06 bits per heavy atom. The van der Waals surface area contributed by atoms with Crippen LogP contribution in [0.4, 0.5) is 5.69 Å². The first-order valence-corrected chi connectivity index (χ1v) is 13.1. The van der Waals surface area contributed by atoms with Gasteiger partial charge in [0.2, 0.25) is 21.8 Å². The summed E-state index contributed by atoms with van der Waals surface area (Å²) in [5, 5.41) is 2.95. The lowest BCUT2D eigenvalue weighted by molar-refractivity contribution is -0.140. The maximum atomic E-state index is 13.6. The van der Waals surface area contributed by atoms with Gasteiger partial charge in [-0.05, 0) is 43.5 Å². The van der Waals surface area contributed by atoms with E-state index in [1.807, 2.05) is 31.2 Å². The van der Waals surface area contributed by atoms with E-state index in [-0.39, 0.29) is 28.2 Å². The lowest BCUT2D eigenvalue weighted by Crippen LogP contribution is -2.52. The molecule has 10 heteroatoms. The van der Waals surface area contributed by atoms with Crippen LogP contribution in [0, 0.1) is 6.92 Å². The number of hydrogen-bond acceptors (Lipinski definition) is 4. The summed E-state index contributed by atoms with van der Waals surface area (Å²) >= 11 is 12.3. The number of benzene rings is 2. The molecule has 0 unspecified atom stereocenters. The van der Waals surface area contributed by atoms with Crippen LogP contribution in [0.5, 0.6) is 0 Å². The van der Waals surface area contributed by atoms with Gasteiger partial charge in [0.15, 0.2) is 0 Å². The van der Waals surface area contributed by atoms with Crippen LogP contribution < -0.4 is 9.62 Å². The maximum absolute atomic E-state index is 13.6. The Kier molecular flexibility index (Phi) is 9.57. The van der Waals surface area contributed by atoms with Crippen LogP contribution in [0.1, 0.15) is 31.4 Å². The number of sulfonamides is 1. The summed E-state index contributed by atoms with van der Waals surface area (Å²) in [6.45, 7) is 5.56. The lowest BCUT2D eigenvalue weighted by Gasteiger charge is -2.33. The van der Waals surface area contributed by atoms with Crippen molar-refractivity contribution in [3.63, 3.8) is 0 Å². The van der Waals surface area contributed by atoms with Crippen molar-refractivity contribution in [2.45, 2.75) is 39.8 Å². The standard InChI is InChI=1S/C23H29Cl2N3O4S/c1-5-19(23(30)26-6-2)27(14-17-11-8-7-10-16(17)3)21(29)15-28(33(4,31)32)20-13-9-12-18(24)22(20)25/h7-13,19H,5-6,14-15H2,1-4H3,(H,26,30)/t19-/m1/s1. The number of halogens is 2. The third-order valence-corrected chi connectivity index (χ3v) is 7.15. The summed E-state index contributed by atoms with van der Waals surface area (Å²) in [6, 6.07) is 11.3. The van der Waals surface area contributed by atoms with E-state index in [1.54, 1.807) is 19.9 Å². The number of rotatable bonds is 10. The number of nitrogens with zero attached hydrogens (tertiary/aromatic N) is 2. The van der Waals surface area contributed by atoms with Gasteiger partial charge in [-0.1, -0.05) is 60.5 Å². The molecule has 0 radical (unpaired) electrons. The number of carbonyl (C=O) groups is 2. The highest BCUT2D eigenvalue weighted by Gasteiger charge is 2.32. The molecule has 1 N–H and O–H groups in total. The average Bonchev–Trinajstić information content (AvgIpc) is 2.74. The number of nitrogens with one attached hydrogen (secondary N) is 1. The highest BCUT2D eigenvalue weighted by atomic mass is 35.5. The topological polar surface area (TPSA) is 86.8 Å². The van der Waals surface area contributed by atoms with E-state index < -0.39 is 28.5 Å². The molecule has 2 aromatic rings. The monoisotopic (exact) mass is 513 g/mol. The smallest absolute Gasteiger partial charge is 0.244 e. The van der Waals surface area contributed by atoms with Crippen molar-refractivity contribution >= 4 is 50.7 Å². The van der Waals surface area contributed by atoms with Crippen LogP contribution >= 0.6 is 23.2 Å². The zero-order valence-electron chi connectivity index (χ0n) is 19.1. The largest absolute Gasteiger partial charge is 0.355 e. The third-order valence-electron chi connectivity index (χ3n) is 5.22. The Bertz CT molecular complexity index is 1110. The van der Waals surface area contributed by atoms with E-state index in [1.165, 1.54) is 17.0 Å². The van der Waals surface area contributed by atoms with Crippen LogP contribution in [0.15, 0.2) is 42.5 Å². The summed E-state index contributed by atoms with van der Waals surface area (Å²) in [6.07, 6.45) is 1.35. The molecule has 7 nitrogen and oxygen atoms in total. The minimum Gasteiger partial charge on any atom is -0.355 e. The quantitative estimate of drug-likeness (QED) is 0.519. The number of carbonyl (C=O) groups excluding carboxylic acids is 2. The predicted octanol–water partition coefficient (Wildman–Crippen LogP) is 4.01. The molecule has 0 spiro atoms. The number of hydrogen-bond donors (Lipinski definition) is 1. The number of aryl methyl sites for hydroxylation is 1. The van der Waals surface area contributed by atoms with Crippen molar-refractivity contribution in [2.75, 3.05) is 23.7 Å². The molecule has 2 aromatic carbocycles. The molecule has 0 bridgehead atoms. The number of amides is 2. The van der Waals surface area contributed by atoms with Crippen molar-refractivity contribution in [3.05, 3.63) is 63.6 Å². The summed E-state index contributed by atoms with van der Waals surface area (Å²) in [5.41, 5.74) is 1.92. The Hall–Kier alpha value is -2.29. The van der Waals surface area contributed by atoms with Crippen LogP contribution in [-0.4, -0.2) is 50.5 Å². The van der Waals surface area contributed by atoms with E-state index in [9.17, 15) is 18.0 Å². The fourth-order valence-corrected chi connectivity index (χ4v) is 4.76. The van der Waals surface area contributed by atoms with Crippen molar-refractivity contribution < 1.29 is 18.0 Å². The van der Waals surface area contributed by atoms with E-state index in [4.69, 9.17) is 23.2 Å². The van der Waals surface area contributed by atoms with Gasteiger partial charge in [0.05, 0.1) is 22.0 Å². The Morgan fingerprint density at radius 2 is 1.73 bits per heavy atom. The SMILES string of the molecule is CCNC(=O)[C@@H](CC)N(Cc1ccccc1C)C(=O)CN(c1cccc(Cl)c1Cl)S(C)(=O)=O. The molecule has 0 saturated heterocycles. The second kappa shape index (κ2) is 11.7. The van der Waals surface area contributed by atoms with Crippen molar-refractivity contribution in [3.8, 4) is 0 Å².